The minimum absolute atomic E-state index is 0.0871. The zero-order valence-electron chi connectivity index (χ0n) is 18.7. The molecule has 1 heterocycles. The minimum atomic E-state index is -0.948. The lowest BCUT2D eigenvalue weighted by Crippen LogP contribution is -2.49. The summed E-state index contributed by atoms with van der Waals surface area (Å²) in [5, 5.41) is 17.0. The molecule has 178 valence electrons. The minimum Gasteiger partial charge on any atom is -0.390 e. The topological polar surface area (TPSA) is 79.8 Å². The van der Waals surface area contributed by atoms with E-state index in [1.165, 1.54) is 19.1 Å². The predicted molar refractivity (Wildman–Crippen MR) is 119 cm³/mol. The lowest BCUT2D eigenvalue weighted by molar-refractivity contribution is -0.120. The molecule has 8 heteroatoms. The third-order valence-corrected chi connectivity index (χ3v) is 6.26. The smallest absolute Gasteiger partial charge is 0.217 e. The summed E-state index contributed by atoms with van der Waals surface area (Å²) < 4.78 is 38.5. The molecule has 2 aromatic carbocycles. The van der Waals surface area contributed by atoms with Crippen molar-refractivity contribution < 1.29 is 28.2 Å². The molecule has 2 aromatic rings. The number of hydrogen-bond donors (Lipinski definition) is 3. The van der Waals surface area contributed by atoms with Gasteiger partial charge in [-0.05, 0) is 48.1 Å². The van der Waals surface area contributed by atoms with Crippen LogP contribution in [-0.2, 0) is 26.2 Å². The molecule has 0 bridgehead atoms. The molecule has 3 N–H and O–H groups in total. The molecule has 0 spiro atoms. The van der Waals surface area contributed by atoms with Crippen molar-refractivity contribution in [1.29, 1.82) is 0 Å². The first-order valence-electron chi connectivity index (χ1n) is 11.3. The Labute approximate surface area is 192 Å². The number of carbonyl (C=O) groups is 1. The van der Waals surface area contributed by atoms with Crippen molar-refractivity contribution in [2.75, 3.05) is 26.4 Å². The van der Waals surface area contributed by atoms with Gasteiger partial charge in [0.2, 0.25) is 5.91 Å². The molecule has 1 amide bonds. The van der Waals surface area contributed by atoms with Gasteiger partial charge in [0.15, 0.2) is 0 Å². The second-order valence-corrected chi connectivity index (χ2v) is 8.88. The third-order valence-electron chi connectivity index (χ3n) is 6.26. The van der Waals surface area contributed by atoms with Gasteiger partial charge in [-0.3, -0.25) is 4.79 Å². The summed E-state index contributed by atoms with van der Waals surface area (Å²) in [6.07, 6.45) is 0.918. The van der Waals surface area contributed by atoms with E-state index in [0.29, 0.717) is 25.4 Å². The second kappa shape index (κ2) is 10.3. The molecule has 1 aliphatic carbocycles. The molecule has 3 unspecified atom stereocenters. The highest BCUT2D eigenvalue weighted by molar-refractivity contribution is 5.73. The molecule has 0 aromatic heterocycles. The van der Waals surface area contributed by atoms with E-state index in [0.717, 1.165) is 30.0 Å². The molecule has 3 atom stereocenters. The molecule has 1 saturated heterocycles. The summed E-state index contributed by atoms with van der Waals surface area (Å²) in [6, 6.07) is 10.7. The van der Waals surface area contributed by atoms with E-state index < -0.39 is 23.8 Å². The first-order chi connectivity index (χ1) is 15.8. The van der Waals surface area contributed by atoms with Gasteiger partial charge >= 0.3 is 0 Å². The van der Waals surface area contributed by atoms with E-state index in [1.807, 2.05) is 12.1 Å². The van der Waals surface area contributed by atoms with Crippen molar-refractivity contribution in [2.24, 2.45) is 0 Å². The lowest BCUT2D eigenvalue weighted by atomic mass is 9.97. The summed E-state index contributed by atoms with van der Waals surface area (Å²) >= 11 is 0. The average molecular weight is 461 g/mol. The summed E-state index contributed by atoms with van der Waals surface area (Å²) in [5.74, 6) is -1.70. The third kappa shape index (κ3) is 6.14. The molecular weight excluding hydrogens is 430 g/mol. The Morgan fingerprint density at radius 2 is 1.94 bits per heavy atom. The maximum absolute atomic E-state index is 13.6. The number of aliphatic hydroxyl groups excluding tert-OH is 1. The fourth-order valence-corrected chi connectivity index (χ4v) is 4.38. The molecular formula is C25H30F2N2O4. The maximum atomic E-state index is 13.6. The summed E-state index contributed by atoms with van der Waals surface area (Å²) in [7, 11) is 0. The van der Waals surface area contributed by atoms with Crippen molar-refractivity contribution in [3.05, 3.63) is 70.8 Å². The van der Waals surface area contributed by atoms with E-state index in [1.54, 1.807) is 0 Å². The van der Waals surface area contributed by atoms with Crippen LogP contribution in [0.15, 0.2) is 42.5 Å². The zero-order chi connectivity index (χ0) is 23.4. The average Bonchev–Trinajstić information content (AvgIpc) is 3.58. The normalized spacial score (nSPS) is 21.3. The van der Waals surface area contributed by atoms with Crippen molar-refractivity contribution in [1.82, 2.24) is 10.6 Å². The Morgan fingerprint density at radius 1 is 1.18 bits per heavy atom. The Morgan fingerprint density at radius 3 is 2.58 bits per heavy atom. The van der Waals surface area contributed by atoms with Crippen LogP contribution in [0.5, 0.6) is 0 Å². The molecule has 33 heavy (non-hydrogen) atoms. The van der Waals surface area contributed by atoms with E-state index in [9.17, 15) is 18.7 Å². The van der Waals surface area contributed by atoms with Gasteiger partial charge in [-0.25, -0.2) is 8.78 Å². The van der Waals surface area contributed by atoms with Crippen molar-refractivity contribution in [3.63, 3.8) is 0 Å². The van der Waals surface area contributed by atoms with Crippen molar-refractivity contribution in [3.8, 4) is 0 Å². The van der Waals surface area contributed by atoms with Crippen LogP contribution in [0.3, 0.4) is 0 Å². The lowest BCUT2D eigenvalue weighted by Gasteiger charge is -2.28. The van der Waals surface area contributed by atoms with E-state index in [4.69, 9.17) is 9.47 Å². The van der Waals surface area contributed by atoms with Crippen molar-refractivity contribution in [2.45, 2.75) is 50.0 Å². The quantitative estimate of drug-likeness (QED) is 0.536. The van der Waals surface area contributed by atoms with Crippen LogP contribution in [-0.4, -0.2) is 49.5 Å². The van der Waals surface area contributed by atoms with Gasteiger partial charge in [0.05, 0.1) is 32.0 Å². The number of carbonyl (C=O) groups excluding carboxylic acids is 1. The van der Waals surface area contributed by atoms with E-state index >= 15 is 0 Å². The Bertz CT molecular complexity index is 956. The van der Waals surface area contributed by atoms with Gasteiger partial charge in [-0.2, -0.15) is 0 Å². The highest BCUT2D eigenvalue weighted by Crippen LogP contribution is 2.46. The molecule has 0 radical (unpaired) electrons. The summed E-state index contributed by atoms with van der Waals surface area (Å²) in [5.41, 5.74) is 2.29. The van der Waals surface area contributed by atoms with Crippen LogP contribution < -0.4 is 10.6 Å². The SMILES string of the molecule is CC(=O)NC(Cc1cc(F)cc(F)c1)C(O)CNC1(c2cccc(C3COCCO3)c2)CC1. The van der Waals surface area contributed by atoms with Crippen LogP contribution in [0, 0.1) is 11.6 Å². The fraction of sp³-hybridized carbons (Fsp3) is 0.480. The standard InChI is InChI=1S/C25H30F2N2O4/c1-16(30)29-22(11-17-9-20(26)13-21(27)10-17)23(31)14-28-25(5-6-25)19-4-2-3-18(12-19)24-15-32-7-8-33-24/h2-4,9-10,12-13,22-24,28,31H,5-8,11,14-15H2,1H3,(H,29,30). The van der Waals surface area contributed by atoms with Gasteiger partial charge < -0.3 is 25.2 Å². The number of aliphatic hydroxyl groups is 1. The first-order valence-corrected chi connectivity index (χ1v) is 11.3. The van der Waals surface area contributed by atoms with Crippen molar-refractivity contribution >= 4 is 5.91 Å². The van der Waals surface area contributed by atoms with Crippen LogP contribution >= 0.6 is 0 Å². The molecule has 1 saturated carbocycles. The molecule has 4 rings (SSSR count). The molecule has 2 fully saturated rings. The van der Waals surface area contributed by atoms with E-state index in [-0.39, 0.29) is 30.5 Å². The first kappa shape index (κ1) is 23.8. The Balaban J connectivity index is 1.42. The predicted octanol–water partition coefficient (Wildman–Crippen LogP) is 2.74. The highest BCUT2D eigenvalue weighted by atomic mass is 19.1. The Hall–Kier alpha value is -2.39. The number of benzene rings is 2. The van der Waals surface area contributed by atoms with Gasteiger partial charge in [0.25, 0.3) is 0 Å². The highest BCUT2D eigenvalue weighted by Gasteiger charge is 2.44. The fourth-order valence-electron chi connectivity index (χ4n) is 4.38. The van der Waals surface area contributed by atoms with Gasteiger partial charge in [-0.15, -0.1) is 0 Å². The van der Waals surface area contributed by atoms with Gasteiger partial charge in [0, 0.05) is 25.1 Å². The number of ether oxygens (including phenoxy) is 2. The van der Waals surface area contributed by atoms with Crippen LogP contribution in [0.25, 0.3) is 0 Å². The van der Waals surface area contributed by atoms with Gasteiger partial charge in [-0.1, -0.05) is 24.3 Å². The number of hydrogen-bond acceptors (Lipinski definition) is 5. The monoisotopic (exact) mass is 460 g/mol. The molecule has 2 aliphatic rings. The summed E-state index contributed by atoms with van der Waals surface area (Å²) in [4.78, 5) is 11.7. The van der Waals surface area contributed by atoms with Gasteiger partial charge in [0.1, 0.15) is 17.7 Å². The number of rotatable bonds is 9. The van der Waals surface area contributed by atoms with Crippen LogP contribution in [0.2, 0.25) is 0 Å². The van der Waals surface area contributed by atoms with E-state index in [2.05, 4.69) is 22.8 Å². The largest absolute Gasteiger partial charge is 0.390 e. The maximum Gasteiger partial charge on any atom is 0.217 e. The number of amides is 1. The summed E-state index contributed by atoms with van der Waals surface area (Å²) in [6.45, 7) is 3.28. The molecule has 6 nitrogen and oxygen atoms in total. The van der Waals surface area contributed by atoms with Crippen LogP contribution in [0.4, 0.5) is 8.78 Å². The zero-order valence-corrected chi connectivity index (χ0v) is 18.7. The Kier molecular flexibility index (Phi) is 7.38. The second-order valence-electron chi connectivity index (χ2n) is 8.88. The van der Waals surface area contributed by atoms with Crippen LogP contribution in [0.1, 0.15) is 42.6 Å². The number of nitrogens with one attached hydrogen (secondary N) is 2. The molecule has 1 aliphatic heterocycles. The number of halogens is 2.